The summed E-state index contributed by atoms with van der Waals surface area (Å²) in [6.07, 6.45) is 1.66. The first-order valence-corrected chi connectivity index (χ1v) is 6.69. The number of carbonyl (C=O) groups excluding carboxylic acids is 1. The van der Waals surface area contributed by atoms with E-state index in [0.717, 1.165) is 5.56 Å². The molecule has 0 aliphatic heterocycles. The van der Waals surface area contributed by atoms with E-state index < -0.39 is 17.9 Å². The maximum absolute atomic E-state index is 12.1. The largest absolute Gasteiger partial charge is 0.481 e. The number of nitrogens with two attached hydrogens (primary N) is 1. The lowest BCUT2D eigenvalue weighted by atomic mass is 10.0. The smallest absolute Gasteiger partial charge is 0.305 e. The van der Waals surface area contributed by atoms with Gasteiger partial charge in [0.1, 0.15) is 0 Å². The number of hydrogen-bond acceptors (Lipinski definition) is 5. The molecule has 1 atom stereocenters. The van der Waals surface area contributed by atoms with Gasteiger partial charge in [0.25, 0.3) is 5.91 Å². The van der Waals surface area contributed by atoms with Crippen LogP contribution in [-0.4, -0.2) is 33.2 Å². The first-order valence-electron chi connectivity index (χ1n) is 6.69. The van der Waals surface area contributed by atoms with E-state index in [9.17, 15) is 9.59 Å². The van der Waals surface area contributed by atoms with Gasteiger partial charge in [0.2, 0.25) is 0 Å². The summed E-state index contributed by atoms with van der Waals surface area (Å²) in [6.45, 7) is 0. The van der Waals surface area contributed by atoms with Gasteiger partial charge in [-0.25, -0.2) is 0 Å². The molecule has 0 aliphatic rings. The molecule has 2 rings (SSSR count). The predicted octanol–water partition coefficient (Wildman–Crippen LogP) is 0.875. The second kappa shape index (κ2) is 7.16. The van der Waals surface area contributed by atoms with Crippen LogP contribution in [0.25, 0.3) is 0 Å². The van der Waals surface area contributed by atoms with E-state index >= 15 is 0 Å². The number of carbonyl (C=O) groups is 2. The summed E-state index contributed by atoms with van der Waals surface area (Å²) in [4.78, 5) is 23.0. The molecule has 0 unspecified atom stereocenters. The molecule has 114 valence electrons. The van der Waals surface area contributed by atoms with Crippen molar-refractivity contribution in [2.75, 3.05) is 5.73 Å². The Hall–Kier alpha value is -2.96. The van der Waals surface area contributed by atoms with Gasteiger partial charge in [-0.1, -0.05) is 12.1 Å². The molecule has 2 aromatic rings. The molecule has 7 heteroatoms. The van der Waals surface area contributed by atoms with E-state index in [0.29, 0.717) is 12.1 Å². The van der Waals surface area contributed by atoms with Crippen LogP contribution in [0.5, 0.6) is 0 Å². The fourth-order valence-electron chi connectivity index (χ4n) is 2.01. The van der Waals surface area contributed by atoms with Gasteiger partial charge in [-0.15, -0.1) is 5.10 Å². The van der Waals surface area contributed by atoms with Gasteiger partial charge in [0.05, 0.1) is 6.42 Å². The number of nitrogens with zero attached hydrogens (tertiary/aromatic N) is 2. The summed E-state index contributed by atoms with van der Waals surface area (Å²) in [7, 11) is 0. The van der Waals surface area contributed by atoms with Crippen LogP contribution in [0, 0.1) is 0 Å². The van der Waals surface area contributed by atoms with E-state index in [-0.39, 0.29) is 12.1 Å². The zero-order chi connectivity index (χ0) is 15.9. The van der Waals surface area contributed by atoms with Crippen molar-refractivity contribution >= 4 is 17.6 Å². The highest BCUT2D eigenvalue weighted by atomic mass is 16.4. The van der Waals surface area contributed by atoms with Crippen LogP contribution in [0.2, 0.25) is 0 Å². The van der Waals surface area contributed by atoms with Gasteiger partial charge in [-0.2, -0.15) is 5.10 Å². The van der Waals surface area contributed by atoms with Crippen LogP contribution in [-0.2, 0) is 11.2 Å². The summed E-state index contributed by atoms with van der Waals surface area (Å²) in [6, 6.07) is 9.64. The molecule has 1 aromatic carbocycles. The van der Waals surface area contributed by atoms with Crippen LogP contribution in [0.1, 0.15) is 22.5 Å². The molecule has 22 heavy (non-hydrogen) atoms. The van der Waals surface area contributed by atoms with Crippen molar-refractivity contribution in [2.45, 2.75) is 18.9 Å². The number of aliphatic carboxylic acids is 1. The van der Waals surface area contributed by atoms with Crippen LogP contribution in [0.4, 0.5) is 5.69 Å². The maximum Gasteiger partial charge on any atom is 0.305 e. The summed E-state index contributed by atoms with van der Waals surface area (Å²) in [5.41, 5.74) is 7.28. The Morgan fingerprint density at radius 3 is 2.55 bits per heavy atom. The Balaban J connectivity index is 2.07. The Morgan fingerprint density at radius 2 is 1.95 bits per heavy atom. The SMILES string of the molecule is Nc1ccc(C[C@H](CC(=O)O)NC(=O)c2cccnn2)cc1. The van der Waals surface area contributed by atoms with Crippen molar-refractivity contribution in [3.63, 3.8) is 0 Å². The minimum absolute atomic E-state index is 0.148. The first kappa shape index (κ1) is 15.4. The lowest BCUT2D eigenvalue weighted by molar-refractivity contribution is -0.137. The second-order valence-corrected chi connectivity index (χ2v) is 4.82. The fraction of sp³-hybridized carbons (Fsp3) is 0.200. The number of carboxylic acid groups (broad SMARTS) is 1. The van der Waals surface area contributed by atoms with E-state index in [2.05, 4.69) is 15.5 Å². The van der Waals surface area contributed by atoms with Crippen molar-refractivity contribution in [2.24, 2.45) is 0 Å². The minimum Gasteiger partial charge on any atom is -0.481 e. The van der Waals surface area contributed by atoms with E-state index in [1.54, 1.807) is 30.3 Å². The molecule has 0 spiro atoms. The number of anilines is 1. The highest BCUT2D eigenvalue weighted by molar-refractivity contribution is 5.92. The fourth-order valence-corrected chi connectivity index (χ4v) is 2.01. The molecule has 0 saturated heterocycles. The van der Waals surface area contributed by atoms with Crippen molar-refractivity contribution in [3.05, 3.63) is 53.9 Å². The van der Waals surface area contributed by atoms with Crippen LogP contribution >= 0.6 is 0 Å². The van der Waals surface area contributed by atoms with Crippen molar-refractivity contribution in [1.29, 1.82) is 0 Å². The average Bonchev–Trinajstić information content (AvgIpc) is 2.50. The van der Waals surface area contributed by atoms with E-state index in [4.69, 9.17) is 10.8 Å². The molecule has 0 fully saturated rings. The molecule has 4 N–H and O–H groups in total. The number of nitrogens with one attached hydrogen (secondary N) is 1. The second-order valence-electron chi connectivity index (χ2n) is 4.82. The zero-order valence-corrected chi connectivity index (χ0v) is 11.8. The van der Waals surface area contributed by atoms with Gasteiger partial charge in [-0.05, 0) is 36.2 Å². The summed E-state index contributed by atoms with van der Waals surface area (Å²) in [5.74, 6) is -1.44. The Morgan fingerprint density at radius 1 is 1.23 bits per heavy atom. The molecular formula is C15H16N4O3. The van der Waals surface area contributed by atoms with Crippen molar-refractivity contribution in [1.82, 2.24) is 15.5 Å². The third-order valence-corrected chi connectivity index (χ3v) is 3.02. The Bertz CT molecular complexity index is 644. The molecule has 0 saturated carbocycles. The number of rotatable bonds is 6. The topological polar surface area (TPSA) is 118 Å². The molecule has 1 amide bonds. The van der Waals surface area contributed by atoms with E-state index in [1.807, 2.05) is 0 Å². The van der Waals surface area contributed by atoms with Gasteiger partial charge in [0.15, 0.2) is 5.69 Å². The summed E-state index contributed by atoms with van der Waals surface area (Å²) in [5, 5.41) is 19.0. The Labute approximate surface area is 127 Å². The third kappa shape index (κ3) is 4.55. The highest BCUT2D eigenvalue weighted by Gasteiger charge is 2.18. The molecule has 7 nitrogen and oxygen atoms in total. The Kier molecular flexibility index (Phi) is 5.02. The van der Waals surface area contributed by atoms with Crippen molar-refractivity contribution < 1.29 is 14.7 Å². The normalized spacial score (nSPS) is 11.6. The van der Waals surface area contributed by atoms with Crippen molar-refractivity contribution in [3.8, 4) is 0 Å². The highest BCUT2D eigenvalue weighted by Crippen LogP contribution is 2.10. The number of hydrogen-bond donors (Lipinski definition) is 3. The van der Waals surface area contributed by atoms with Gasteiger partial charge in [-0.3, -0.25) is 9.59 Å². The number of nitrogen functional groups attached to an aromatic ring is 1. The monoisotopic (exact) mass is 300 g/mol. The van der Waals surface area contributed by atoms with Gasteiger partial charge < -0.3 is 16.2 Å². The predicted molar refractivity (Wildman–Crippen MR) is 80.1 cm³/mol. The minimum atomic E-state index is -0.986. The number of benzene rings is 1. The van der Waals surface area contributed by atoms with Gasteiger partial charge in [0, 0.05) is 17.9 Å². The van der Waals surface area contributed by atoms with Crippen LogP contribution in [0.15, 0.2) is 42.6 Å². The maximum atomic E-state index is 12.1. The van der Waals surface area contributed by atoms with Crippen LogP contribution < -0.4 is 11.1 Å². The molecule has 0 aliphatic carbocycles. The standard InChI is InChI=1S/C15H16N4O3/c16-11-5-3-10(4-6-11)8-12(9-14(20)21)18-15(22)13-2-1-7-17-19-13/h1-7,12H,8-9,16H2,(H,18,22)(H,20,21)/t12-/m1/s1. The summed E-state index contributed by atoms with van der Waals surface area (Å²) < 4.78 is 0. The van der Waals surface area contributed by atoms with E-state index in [1.165, 1.54) is 12.3 Å². The summed E-state index contributed by atoms with van der Waals surface area (Å²) >= 11 is 0. The molecule has 0 bridgehead atoms. The average molecular weight is 300 g/mol. The lowest BCUT2D eigenvalue weighted by Crippen LogP contribution is -2.38. The third-order valence-electron chi connectivity index (χ3n) is 3.02. The van der Waals surface area contributed by atoms with Crippen LogP contribution in [0.3, 0.4) is 0 Å². The zero-order valence-electron chi connectivity index (χ0n) is 11.8. The first-order chi connectivity index (χ1) is 10.5. The molecular weight excluding hydrogens is 284 g/mol. The molecule has 1 aromatic heterocycles. The quantitative estimate of drug-likeness (QED) is 0.681. The molecule has 1 heterocycles. The number of aromatic nitrogens is 2. The lowest BCUT2D eigenvalue weighted by Gasteiger charge is -2.16. The van der Waals surface area contributed by atoms with Gasteiger partial charge >= 0.3 is 5.97 Å². The molecule has 0 radical (unpaired) electrons. The number of amides is 1. The number of carboxylic acids is 1.